The third-order valence-electron chi connectivity index (χ3n) is 4.62. The second kappa shape index (κ2) is 9.17. The molecule has 0 saturated carbocycles. The molecule has 138 valence electrons. The van der Waals surface area contributed by atoms with E-state index in [4.69, 9.17) is 11.6 Å². The van der Waals surface area contributed by atoms with E-state index in [1.54, 1.807) is 12.1 Å². The molecule has 1 aliphatic heterocycles. The van der Waals surface area contributed by atoms with Crippen molar-refractivity contribution in [2.24, 2.45) is 0 Å². The molecule has 1 aliphatic rings. The first-order valence-electron chi connectivity index (χ1n) is 8.73. The normalized spacial score (nSPS) is 15.8. The van der Waals surface area contributed by atoms with Crippen LogP contribution in [0.25, 0.3) is 0 Å². The fraction of sp³-hybridized carbons (Fsp3) is 0.350. The Balaban J connectivity index is 1.58. The Kier molecular flexibility index (Phi) is 6.92. The van der Waals surface area contributed by atoms with Crippen LogP contribution in [0.5, 0.6) is 0 Å². The van der Waals surface area contributed by atoms with Crippen LogP contribution in [0.2, 0.25) is 5.02 Å². The Morgan fingerprint density at radius 2 is 1.85 bits per heavy atom. The molecule has 1 saturated heterocycles. The number of hydrogen-bond donors (Lipinski definition) is 1. The summed E-state index contributed by atoms with van der Waals surface area (Å²) in [6, 6.07) is 13.8. The van der Waals surface area contributed by atoms with Gasteiger partial charge in [0, 0.05) is 47.9 Å². The number of rotatable bonds is 5. The number of carbonyl (C=O) groups excluding carboxylic acids is 1. The molecule has 26 heavy (non-hydrogen) atoms. The van der Waals surface area contributed by atoms with Crippen molar-refractivity contribution in [1.82, 2.24) is 15.1 Å². The van der Waals surface area contributed by atoms with Gasteiger partial charge in [-0.15, -0.1) is 0 Å². The summed E-state index contributed by atoms with van der Waals surface area (Å²) < 4.78 is 0.897. The maximum absolute atomic E-state index is 12.4. The summed E-state index contributed by atoms with van der Waals surface area (Å²) in [7, 11) is 2.17. The summed E-state index contributed by atoms with van der Waals surface area (Å²) in [6.07, 6.45) is 0. The number of nitrogens with zero attached hydrogens (tertiary/aromatic N) is 2. The highest BCUT2D eigenvalue weighted by Crippen LogP contribution is 2.18. The van der Waals surface area contributed by atoms with Gasteiger partial charge in [0.25, 0.3) is 5.91 Å². The van der Waals surface area contributed by atoms with E-state index < -0.39 is 0 Å². The number of amides is 1. The molecule has 1 amide bonds. The SMILES string of the molecule is CN1CCN(Cc2cccc(CNC(=O)c3cc(Cl)ccc3I)c2)CC1. The number of benzene rings is 2. The number of likely N-dealkylation sites (N-methyl/N-ethyl adjacent to an activating group) is 1. The molecule has 2 aromatic rings. The van der Waals surface area contributed by atoms with Gasteiger partial charge in [-0.2, -0.15) is 0 Å². The average molecular weight is 484 g/mol. The zero-order chi connectivity index (χ0) is 18.5. The van der Waals surface area contributed by atoms with Crippen LogP contribution in [0, 0.1) is 3.57 Å². The summed E-state index contributed by atoms with van der Waals surface area (Å²) in [4.78, 5) is 17.3. The zero-order valence-electron chi connectivity index (χ0n) is 14.8. The highest BCUT2D eigenvalue weighted by Gasteiger charge is 2.14. The smallest absolute Gasteiger partial charge is 0.252 e. The molecule has 0 aliphatic carbocycles. The standard InChI is InChI=1S/C20H23ClIN3O/c1-24-7-9-25(10-8-24)14-16-4-2-3-15(11-16)13-23-20(26)18-12-17(21)5-6-19(18)22/h2-6,11-12H,7-10,13-14H2,1H3,(H,23,26). The second-order valence-corrected chi connectivity index (χ2v) is 8.30. The van der Waals surface area contributed by atoms with Crippen LogP contribution in [-0.2, 0) is 13.1 Å². The topological polar surface area (TPSA) is 35.6 Å². The maximum Gasteiger partial charge on any atom is 0.252 e. The summed E-state index contributed by atoms with van der Waals surface area (Å²) in [5, 5.41) is 3.57. The Labute approximate surface area is 173 Å². The molecule has 1 N–H and O–H groups in total. The van der Waals surface area contributed by atoms with Crippen molar-refractivity contribution in [2.45, 2.75) is 13.1 Å². The molecule has 3 rings (SSSR count). The largest absolute Gasteiger partial charge is 0.348 e. The van der Waals surface area contributed by atoms with Crippen LogP contribution in [0.1, 0.15) is 21.5 Å². The van der Waals surface area contributed by atoms with E-state index in [1.807, 2.05) is 6.07 Å². The monoisotopic (exact) mass is 483 g/mol. The molecule has 0 unspecified atom stereocenters. The van der Waals surface area contributed by atoms with Crippen molar-refractivity contribution in [3.05, 3.63) is 67.7 Å². The van der Waals surface area contributed by atoms with Crippen LogP contribution < -0.4 is 5.32 Å². The molecule has 0 bridgehead atoms. The van der Waals surface area contributed by atoms with Crippen molar-refractivity contribution >= 4 is 40.1 Å². The average Bonchev–Trinajstić information content (AvgIpc) is 2.64. The highest BCUT2D eigenvalue weighted by molar-refractivity contribution is 14.1. The lowest BCUT2D eigenvalue weighted by Gasteiger charge is -2.32. The highest BCUT2D eigenvalue weighted by atomic mass is 127. The molecule has 0 aromatic heterocycles. The number of carbonyl (C=O) groups is 1. The van der Waals surface area contributed by atoms with Crippen molar-refractivity contribution in [2.75, 3.05) is 33.2 Å². The minimum absolute atomic E-state index is 0.0960. The first-order valence-corrected chi connectivity index (χ1v) is 10.2. The molecule has 0 radical (unpaired) electrons. The van der Waals surface area contributed by atoms with Crippen molar-refractivity contribution < 1.29 is 4.79 Å². The van der Waals surface area contributed by atoms with Gasteiger partial charge in [-0.25, -0.2) is 0 Å². The van der Waals surface area contributed by atoms with E-state index in [0.29, 0.717) is 17.1 Å². The molecule has 0 atom stereocenters. The minimum Gasteiger partial charge on any atom is -0.348 e. The van der Waals surface area contributed by atoms with Gasteiger partial charge in [-0.05, 0) is 59.0 Å². The summed E-state index contributed by atoms with van der Waals surface area (Å²) >= 11 is 8.17. The van der Waals surface area contributed by atoms with Gasteiger partial charge < -0.3 is 10.2 Å². The predicted molar refractivity (Wildman–Crippen MR) is 115 cm³/mol. The van der Waals surface area contributed by atoms with Gasteiger partial charge in [0.15, 0.2) is 0 Å². The van der Waals surface area contributed by atoms with Gasteiger partial charge in [0.1, 0.15) is 0 Å². The Morgan fingerprint density at radius 3 is 2.62 bits per heavy atom. The summed E-state index contributed by atoms with van der Waals surface area (Å²) in [5.74, 6) is -0.0960. The molecule has 2 aromatic carbocycles. The van der Waals surface area contributed by atoms with Crippen molar-refractivity contribution in [1.29, 1.82) is 0 Å². The zero-order valence-corrected chi connectivity index (χ0v) is 17.8. The molecule has 0 spiro atoms. The van der Waals surface area contributed by atoms with E-state index in [2.05, 4.69) is 69.0 Å². The maximum atomic E-state index is 12.4. The third-order valence-corrected chi connectivity index (χ3v) is 5.80. The number of piperazine rings is 1. The Bertz CT molecular complexity index is 775. The lowest BCUT2D eigenvalue weighted by molar-refractivity contribution is 0.0950. The van der Waals surface area contributed by atoms with E-state index in [-0.39, 0.29) is 5.91 Å². The summed E-state index contributed by atoms with van der Waals surface area (Å²) in [6.45, 7) is 5.91. The van der Waals surface area contributed by atoms with Crippen LogP contribution in [0.3, 0.4) is 0 Å². The van der Waals surface area contributed by atoms with Crippen LogP contribution >= 0.6 is 34.2 Å². The third kappa shape index (κ3) is 5.42. The van der Waals surface area contributed by atoms with Gasteiger partial charge in [0.05, 0.1) is 5.56 Å². The molecule has 1 heterocycles. The van der Waals surface area contributed by atoms with Crippen LogP contribution in [0.15, 0.2) is 42.5 Å². The first-order chi connectivity index (χ1) is 12.5. The van der Waals surface area contributed by atoms with Gasteiger partial charge in [-0.1, -0.05) is 35.9 Å². The molecule has 6 heteroatoms. The van der Waals surface area contributed by atoms with E-state index >= 15 is 0 Å². The predicted octanol–water partition coefficient (Wildman–Crippen LogP) is 3.62. The van der Waals surface area contributed by atoms with E-state index in [0.717, 1.165) is 41.9 Å². The molecule has 1 fully saturated rings. The lowest BCUT2D eigenvalue weighted by Crippen LogP contribution is -2.43. The molecular weight excluding hydrogens is 461 g/mol. The van der Waals surface area contributed by atoms with Crippen molar-refractivity contribution in [3.8, 4) is 0 Å². The lowest BCUT2D eigenvalue weighted by atomic mass is 10.1. The number of hydrogen-bond acceptors (Lipinski definition) is 3. The molecular formula is C20H23ClIN3O. The van der Waals surface area contributed by atoms with E-state index in [1.165, 1.54) is 5.56 Å². The molecule has 4 nitrogen and oxygen atoms in total. The van der Waals surface area contributed by atoms with Crippen LogP contribution in [0.4, 0.5) is 0 Å². The van der Waals surface area contributed by atoms with Crippen molar-refractivity contribution in [3.63, 3.8) is 0 Å². The quantitative estimate of drug-likeness (QED) is 0.660. The second-order valence-electron chi connectivity index (χ2n) is 6.71. The van der Waals surface area contributed by atoms with Crippen LogP contribution in [-0.4, -0.2) is 48.9 Å². The fourth-order valence-electron chi connectivity index (χ4n) is 3.05. The number of nitrogens with one attached hydrogen (secondary N) is 1. The van der Waals surface area contributed by atoms with E-state index in [9.17, 15) is 4.79 Å². The Morgan fingerprint density at radius 1 is 1.12 bits per heavy atom. The fourth-order valence-corrected chi connectivity index (χ4v) is 3.80. The Hall–Kier alpha value is -1.15. The minimum atomic E-state index is -0.0960. The van der Waals surface area contributed by atoms with Gasteiger partial charge >= 0.3 is 0 Å². The van der Waals surface area contributed by atoms with Gasteiger partial charge in [0.2, 0.25) is 0 Å². The first kappa shape index (κ1) is 19.6. The summed E-state index contributed by atoms with van der Waals surface area (Å²) in [5.41, 5.74) is 3.02. The number of halogens is 2. The van der Waals surface area contributed by atoms with Gasteiger partial charge in [-0.3, -0.25) is 9.69 Å².